The van der Waals surface area contributed by atoms with Crippen molar-refractivity contribution in [1.29, 1.82) is 0 Å². The van der Waals surface area contributed by atoms with Crippen LogP contribution in [0.25, 0.3) is 10.4 Å². The Morgan fingerprint density at radius 3 is 2.33 bits per heavy atom. The lowest BCUT2D eigenvalue weighted by Crippen LogP contribution is -2.14. The highest BCUT2D eigenvalue weighted by atomic mass is 32.1. The standard InChI is InChI=1S/C22H21NO3S/c1-3-15-10-12-17(13-11-15)20(24)23-21-18(22(25)26-4-2)14-19(27-21)16-8-6-5-7-9-16/h5-14H,3-4H2,1-2H3,(H,23,24). The second kappa shape index (κ2) is 8.64. The number of hydrogen-bond donors (Lipinski definition) is 1. The zero-order valence-electron chi connectivity index (χ0n) is 15.3. The summed E-state index contributed by atoms with van der Waals surface area (Å²) in [6.07, 6.45) is 0.917. The van der Waals surface area contributed by atoms with Gasteiger partial charge in [0.1, 0.15) is 5.00 Å². The second-order valence-corrected chi connectivity index (χ2v) is 7.00. The third kappa shape index (κ3) is 4.44. The van der Waals surface area contributed by atoms with Gasteiger partial charge in [0.25, 0.3) is 5.91 Å². The maximum absolute atomic E-state index is 12.6. The molecule has 1 amide bonds. The molecular formula is C22H21NO3S. The number of benzene rings is 2. The topological polar surface area (TPSA) is 55.4 Å². The molecule has 1 N–H and O–H groups in total. The summed E-state index contributed by atoms with van der Waals surface area (Å²) in [5.41, 5.74) is 3.08. The summed E-state index contributed by atoms with van der Waals surface area (Å²) in [7, 11) is 0. The minimum atomic E-state index is -0.437. The number of anilines is 1. The van der Waals surface area contributed by atoms with Crippen LogP contribution in [-0.4, -0.2) is 18.5 Å². The first-order valence-electron chi connectivity index (χ1n) is 8.89. The fraction of sp³-hybridized carbons (Fsp3) is 0.182. The molecule has 0 unspecified atom stereocenters. The molecule has 1 aromatic heterocycles. The Bertz CT molecular complexity index is 930. The molecule has 3 rings (SSSR count). The van der Waals surface area contributed by atoms with Crippen molar-refractivity contribution in [2.24, 2.45) is 0 Å². The molecule has 0 aliphatic rings. The minimum Gasteiger partial charge on any atom is -0.462 e. The van der Waals surface area contributed by atoms with E-state index in [2.05, 4.69) is 12.2 Å². The van der Waals surface area contributed by atoms with Crippen molar-refractivity contribution in [2.45, 2.75) is 20.3 Å². The van der Waals surface area contributed by atoms with Crippen LogP contribution < -0.4 is 5.32 Å². The van der Waals surface area contributed by atoms with Crippen molar-refractivity contribution >= 4 is 28.2 Å². The fourth-order valence-electron chi connectivity index (χ4n) is 2.66. The van der Waals surface area contributed by atoms with Crippen LogP contribution >= 0.6 is 11.3 Å². The van der Waals surface area contributed by atoms with Crippen LogP contribution in [-0.2, 0) is 11.2 Å². The van der Waals surface area contributed by atoms with Crippen LogP contribution in [0.5, 0.6) is 0 Å². The van der Waals surface area contributed by atoms with E-state index in [1.165, 1.54) is 16.9 Å². The zero-order valence-corrected chi connectivity index (χ0v) is 16.1. The average Bonchev–Trinajstić information content (AvgIpc) is 3.13. The monoisotopic (exact) mass is 379 g/mol. The predicted octanol–water partition coefficient (Wildman–Crippen LogP) is 5.41. The van der Waals surface area contributed by atoms with Crippen LogP contribution in [0.1, 0.15) is 40.1 Å². The van der Waals surface area contributed by atoms with Gasteiger partial charge < -0.3 is 10.1 Å². The van der Waals surface area contributed by atoms with Crippen molar-refractivity contribution < 1.29 is 14.3 Å². The van der Waals surface area contributed by atoms with E-state index in [-0.39, 0.29) is 12.5 Å². The van der Waals surface area contributed by atoms with Gasteiger partial charge in [0.05, 0.1) is 12.2 Å². The molecule has 0 aliphatic carbocycles. The normalized spacial score (nSPS) is 10.4. The van der Waals surface area contributed by atoms with Gasteiger partial charge in [-0.15, -0.1) is 11.3 Å². The molecule has 0 spiro atoms. The Labute approximate surface area is 162 Å². The first kappa shape index (κ1) is 18.9. The van der Waals surface area contributed by atoms with Crippen molar-refractivity contribution in [3.05, 3.63) is 77.4 Å². The Kier molecular flexibility index (Phi) is 6.04. The van der Waals surface area contributed by atoms with Crippen LogP contribution in [0, 0.1) is 0 Å². The number of aryl methyl sites for hydroxylation is 1. The van der Waals surface area contributed by atoms with Gasteiger partial charge >= 0.3 is 5.97 Å². The lowest BCUT2D eigenvalue weighted by Gasteiger charge is -2.06. The second-order valence-electron chi connectivity index (χ2n) is 5.94. The number of hydrogen-bond acceptors (Lipinski definition) is 4. The molecule has 27 heavy (non-hydrogen) atoms. The molecule has 0 saturated heterocycles. The summed E-state index contributed by atoms with van der Waals surface area (Å²) >= 11 is 1.36. The van der Waals surface area contributed by atoms with Gasteiger partial charge in [-0.05, 0) is 42.7 Å². The first-order chi connectivity index (χ1) is 13.1. The molecule has 138 valence electrons. The Balaban J connectivity index is 1.91. The van der Waals surface area contributed by atoms with E-state index in [1.54, 1.807) is 25.1 Å². The molecule has 0 aliphatic heterocycles. The molecule has 4 nitrogen and oxygen atoms in total. The van der Waals surface area contributed by atoms with Gasteiger partial charge in [0.15, 0.2) is 0 Å². The predicted molar refractivity (Wildman–Crippen MR) is 109 cm³/mol. The Morgan fingerprint density at radius 2 is 1.70 bits per heavy atom. The van der Waals surface area contributed by atoms with E-state index in [0.29, 0.717) is 16.1 Å². The minimum absolute atomic E-state index is 0.246. The van der Waals surface area contributed by atoms with Gasteiger partial charge in [0, 0.05) is 10.4 Å². The Hall–Kier alpha value is -2.92. The summed E-state index contributed by atoms with van der Waals surface area (Å²) < 4.78 is 5.15. The number of rotatable bonds is 6. The van der Waals surface area contributed by atoms with Crippen LogP contribution in [0.15, 0.2) is 60.7 Å². The summed E-state index contributed by atoms with van der Waals surface area (Å²) in [5, 5.41) is 3.37. The average molecular weight is 379 g/mol. The van der Waals surface area contributed by atoms with Gasteiger partial charge in [-0.3, -0.25) is 4.79 Å². The molecule has 0 atom stereocenters. The van der Waals surface area contributed by atoms with E-state index < -0.39 is 5.97 Å². The number of carbonyl (C=O) groups is 2. The van der Waals surface area contributed by atoms with Crippen molar-refractivity contribution in [2.75, 3.05) is 11.9 Å². The maximum Gasteiger partial charge on any atom is 0.341 e. The number of amides is 1. The molecule has 0 radical (unpaired) electrons. The molecule has 0 saturated carbocycles. The highest BCUT2D eigenvalue weighted by Crippen LogP contribution is 2.36. The van der Waals surface area contributed by atoms with Gasteiger partial charge in [0.2, 0.25) is 0 Å². The molecule has 3 aromatic rings. The highest BCUT2D eigenvalue weighted by molar-refractivity contribution is 7.20. The largest absolute Gasteiger partial charge is 0.462 e. The SMILES string of the molecule is CCOC(=O)c1cc(-c2ccccc2)sc1NC(=O)c1ccc(CC)cc1. The third-order valence-electron chi connectivity index (χ3n) is 4.14. The summed E-state index contributed by atoms with van der Waals surface area (Å²) in [6.45, 7) is 4.11. The first-order valence-corrected chi connectivity index (χ1v) is 9.70. The molecule has 2 aromatic carbocycles. The zero-order chi connectivity index (χ0) is 19.2. The third-order valence-corrected chi connectivity index (χ3v) is 5.24. The van der Waals surface area contributed by atoms with Crippen LogP contribution in [0.3, 0.4) is 0 Å². The fourth-order valence-corrected chi connectivity index (χ4v) is 3.70. The smallest absolute Gasteiger partial charge is 0.341 e. The van der Waals surface area contributed by atoms with E-state index in [1.807, 2.05) is 42.5 Å². The highest BCUT2D eigenvalue weighted by Gasteiger charge is 2.20. The quantitative estimate of drug-likeness (QED) is 0.583. The van der Waals surface area contributed by atoms with E-state index in [4.69, 9.17) is 4.74 Å². The van der Waals surface area contributed by atoms with Crippen molar-refractivity contribution in [1.82, 2.24) is 0 Å². The van der Waals surface area contributed by atoms with Gasteiger partial charge in [-0.2, -0.15) is 0 Å². The number of esters is 1. The molecule has 0 fully saturated rings. The molecule has 1 heterocycles. The molecule has 0 bridgehead atoms. The van der Waals surface area contributed by atoms with Crippen LogP contribution in [0.2, 0.25) is 0 Å². The Morgan fingerprint density at radius 1 is 1.00 bits per heavy atom. The molecule has 5 heteroatoms. The van der Waals surface area contributed by atoms with E-state index >= 15 is 0 Å². The number of thiophene rings is 1. The van der Waals surface area contributed by atoms with E-state index in [9.17, 15) is 9.59 Å². The van der Waals surface area contributed by atoms with Gasteiger partial charge in [-0.1, -0.05) is 49.4 Å². The number of nitrogens with one attached hydrogen (secondary N) is 1. The number of carbonyl (C=O) groups excluding carboxylic acids is 2. The summed E-state index contributed by atoms with van der Waals surface area (Å²) in [4.78, 5) is 25.9. The molecular weight excluding hydrogens is 358 g/mol. The number of ether oxygens (including phenoxy) is 1. The van der Waals surface area contributed by atoms with Crippen molar-refractivity contribution in [3.8, 4) is 10.4 Å². The maximum atomic E-state index is 12.6. The van der Waals surface area contributed by atoms with Crippen LogP contribution in [0.4, 0.5) is 5.00 Å². The van der Waals surface area contributed by atoms with Gasteiger partial charge in [-0.25, -0.2) is 4.79 Å². The lowest BCUT2D eigenvalue weighted by molar-refractivity contribution is 0.0528. The van der Waals surface area contributed by atoms with E-state index in [0.717, 1.165) is 16.9 Å². The summed E-state index contributed by atoms with van der Waals surface area (Å²) in [6, 6.07) is 19.0. The van der Waals surface area contributed by atoms with Crippen molar-refractivity contribution in [3.63, 3.8) is 0 Å². The summed E-state index contributed by atoms with van der Waals surface area (Å²) in [5.74, 6) is -0.683. The lowest BCUT2D eigenvalue weighted by atomic mass is 10.1.